The molecule has 0 rings (SSSR count). The van der Waals surface area contributed by atoms with Gasteiger partial charge < -0.3 is 14.2 Å². The lowest BCUT2D eigenvalue weighted by atomic mass is 10.1. The molecule has 0 heterocycles. The molecule has 0 bridgehead atoms. The molecule has 0 aliphatic heterocycles. The molecular formula is C69H110O6. The Morgan fingerprint density at radius 3 is 0.867 bits per heavy atom. The summed E-state index contributed by atoms with van der Waals surface area (Å²) in [5, 5.41) is 0. The Balaban J connectivity index is 4.54. The van der Waals surface area contributed by atoms with Gasteiger partial charge in [0, 0.05) is 19.3 Å². The predicted molar refractivity (Wildman–Crippen MR) is 325 cm³/mol. The number of unbranched alkanes of at least 4 members (excludes halogenated alkanes) is 18. The minimum absolute atomic E-state index is 0.116. The average molecular weight is 1040 g/mol. The highest BCUT2D eigenvalue weighted by molar-refractivity contribution is 5.71. The second-order valence-electron chi connectivity index (χ2n) is 19.5. The normalized spacial score (nSPS) is 13.2. The molecule has 6 nitrogen and oxygen atoms in total. The van der Waals surface area contributed by atoms with E-state index in [1.165, 1.54) is 77.0 Å². The zero-order chi connectivity index (χ0) is 54.3. The summed E-state index contributed by atoms with van der Waals surface area (Å²) in [6, 6.07) is 0. The number of carbonyl (C=O) groups is 3. The standard InChI is InChI=1S/C69H110O6/c1-4-7-10-13-16-19-22-25-28-31-32-33-34-35-36-39-41-44-47-50-53-56-59-62-68(71)74-65-66(75-69(72)63-60-57-54-51-48-45-42-38-30-27-24-21-18-15-12-9-6-3)64-73-67(70)61-58-55-52-49-46-43-40-37-29-26-23-20-17-14-11-8-5-2/h7,9-10,12,16,18-19,21,25-30,32-33,35-36,41-42,44-45,51,54,66H,4-6,8,11,13-15,17,20,22-24,31,34,37-40,43,46-50,52-53,55-65H2,1-3H3/b10-7-,12-9-,19-16-,21-18-,28-25-,29-26-,30-27-,33-32-,36-35-,44-41-,45-42-,54-51-. The SMILES string of the molecule is CC/C=C\C/C=C\C/C=C\C/C=C\C/C=C\C/C=C\CCCCCCC(=O)OCC(COC(=O)CCCCCCCCC/C=C\CCCCCCCC)OC(=O)CCC/C=C\C/C=C\C/C=C\C/C=C\C/C=C\CC. The van der Waals surface area contributed by atoms with Crippen LogP contribution in [-0.2, 0) is 28.6 Å². The summed E-state index contributed by atoms with van der Waals surface area (Å²) >= 11 is 0. The van der Waals surface area contributed by atoms with E-state index in [0.717, 1.165) is 128 Å². The molecular weight excluding hydrogens is 925 g/mol. The van der Waals surface area contributed by atoms with Crippen molar-refractivity contribution >= 4 is 17.9 Å². The molecule has 0 N–H and O–H groups in total. The molecule has 0 aromatic heterocycles. The highest BCUT2D eigenvalue weighted by Gasteiger charge is 2.19. The van der Waals surface area contributed by atoms with Crippen LogP contribution in [0.4, 0.5) is 0 Å². The van der Waals surface area contributed by atoms with E-state index in [2.05, 4.69) is 167 Å². The summed E-state index contributed by atoms with van der Waals surface area (Å²) in [6.45, 7) is 6.33. The third kappa shape index (κ3) is 60.0. The van der Waals surface area contributed by atoms with Crippen molar-refractivity contribution in [2.24, 2.45) is 0 Å². The lowest BCUT2D eigenvalue weighted by molar-refractivity contribution is -0.167. The first-order valence-electron chi connectivity index (χ1n) is 30.3. The van der Waals surface area contributed by atoms with E-state index < -0.39 is 6.10 Å². The van der Waals surface area contributed by atoms with Gasteiger partial charge in [-0.2, -0.15) is 0 Å². The number of ether oxygens (including phenoxy) is 3. The molecule has 0 spiro atoms. The first-order chi connectivity index (χ1) is 37.0. The smallest absolute Gasteiger partial charge is 0.306 e. The Labute approximate surface area is 461 Å². The first kappa shape index (κ1) is 70.3. The van der Waals surface area contributed by atoms with Crippen molar-refractivity contribution < 1.29 is 28.6 Å². The van der Waals surface area contributed by atoms with Gasteiger partial charge in [-0.3, -0.25) is 14.4 Å². The molecule has 0 aliphatic rings. The van der Waals surface area contributed by atoms with E-state index in [1.54, 1.807) is 0 Å². The summed E-state index contributed by atoms with van der Waals surface area (Å²) in [4.78, 5) is 38.2. The Bertz CT molecular complexity index is 1660. The van der Waals surface area contributed by atoms with Crippen LogP contribution in [0.15, 0.2) is 146 Å². The van der Waals surface area contributed by atoms with E-state index in [1.807, 2.05) is 0 Å². The molecule has 0 saturated heterocycles. The van der Waals surface area contributed by atoms with Crippen LogP contribution in [0.3, 0.4) is 0 Å². The number of rotatable bonds is 53. The summed E-state index contributed by atoms with van der Waals surface area (Å²) in [5.74, 6) is -1.01. The largest absolute Gasteiger partial charge is 0.462 e. The summed E-state index contributed by atoms with van der Waals surface area (Å²) in [6.07, 6.45) is 88.4. The van der Waals surface area contributed by atoms with Crippen LogP contribution in [0, 0.1) is 0 Å². The van der Waals surface area contributed by atoms with Gasteiger partial charge in [0.25, 0.3) is 0 Å². The van der Waals surface area contributed by atoms with Crippen molar-refractivity contribution in [3.8, 4) is 0 Å². The van der Waals surface area contributed by atoms with Gasteiger partial charge in [-0.1, -0.05) is 244 Å². The van der Waals surface area contributed by atoms with Gasteiger partial charge in [-0.15, -0.1) is 0 Å². The summed E-state index contributed by atoms with van der Waals surface area (Å²) < 4.78 is 16.8. The minimum Gasteiger partial charge on any atom is -0.462 e. The fraction of sp³-hybridized carbons (Fsp3) is 0.609. The summed E-state index contributed by atoms with van der Waals surface area (Å²) in [7, 11) is 0. The Morgan fingerprint density at radius 2 is 0.533 bits per heavy atom. The maximum Gasteiger partial charge on any atom is 0.306 e. The molecule has 422 valence electrons. The Hall–Kier alpha value is -4.71. The molecule has 0 amide bonds. The second-order valence-corrected chi connectivity index (χ2v) is 19.5. The third-order valence-corrected chi connectivity index (χ3v) is 12.3. The quantitative estimate of drug-likeness (QED) is 0.0261. The predicted octanol–water partition coefficient (Wildman–Crippen LogP) is 20.8. The first-order valence-corrected chi connectivity index (χ1v) is 30.3. The van der Waals surface area contributed by atoms with Crippen molar-refractivity contribution in [3.05, 3.63) is 146 Å². The molecule has 0 aliphatic carbocycles. The molecule has 0 radical (unpaired) electrons. The van der Waals surface area contributed by atoms with Crippen LogP contribution in [0.2, 0.25) is 0 Å². The van der Waals surface area contributed by atoms with Crippen LogP contribution >= 0.6 is 0 Å². The molecule has 1 atom stereocenters. The molecule has 75 heavy (non-hydrogen) atoms. The molecule has 0 aromatic carbocycles. The minimum atomic E-state index is -0.828. The van der Waals surface area contributed by atoms with Gasteiger partial charge in [0.05, 0.1) is 0 Å². The van der Waals surface area contributed by atoms with Crippen molar-refractivity contribution in [2.45, 2.75) is 258 Å². The van der Waals surface area contributed by atoms with E-state index >= 15 is 0 Å². The zero-order valence-electron chi connectivity index (χ0n) is 48.3. The van der Waals surface area contributed by atoms with Gasteiger partial charge >= 0.3 is 17.9 Å². The van der Waals surface area contributed by atoms with Crippen molar-refractivity contribution in [1.29, 1.82) is 0 Å². The zero-order valence-corrected chi connectivity index (χ0v) is 48.3. The van der Waals surface area contributed by atoms with Crippen LogP contribution in [0.25, 0.3) is 0 Å². The molecule has 1 unspecified atom stereocenters. The van der Waals surface area contributed by atoms with E-state index in [9.17, 15) is 14.4 Å². The molecule has 0 saturated carbocycles. The number of carbonyl (C=O) groups excluding carboxylic acids is 3. The average Bonchev–Trinajstić information content (AvgIpc) is 3.41. The highest BCUT2D eigenvalue weighted by Crippen LogP contribution is 2.13. The Morgan fingerprint density at radius 1 is 0.280 bits per heavy atom. The lowest BCUT2D eigenvalue weighted by Crippen LogP contribution is -2.30. The van der Waals surface area contributed by atoms with Gasteiger partial charge in [0.2, 0.25) is 0 Å². The lowest BCUT2D eigenvalue weighted by Gasteiger charge is -2.18. The van der Waals surface area contributed by atoms with E-state index in [0.29, 0.717) is 19.3 Å². The van der Waals surface area contributed by atoms with E-state index in [4.69, 9.17) is 14.2 Å². The number of allylic oxidation sites excluding steroid dienone is 24. The topological polar surface area (TPSA) is 78.9 Å². The van der Waals surface area contributed by atoms with Crippen LogP contribution < -0.4 is 0 Å². The Kier molecular flexibility index (Phi) is 58.0. The third-order valence-electron chi connectivity index (χ3n) is 12.3. The number of hydrogen-bond acceptors (Lipinski definition) is 6. The van der Waals surface area contributed by atoms with Gasteiger partial charge in [-0.05, 0) is 135 Å². The second kappa shape index (κ2) is 61.8. The van der Waals surface area contributed by atoms with Crippen molar-refractivity contribution in [3.63, 3.8) is 0 Å². The number of esters is 3. The monoisotopic (exact) mass is 1030 g/mol. The van der Waals surface area contributed by atoms with Crippen molar-refractivity contribution in [1.82, 2.24) is 0 Å². The van der Waals surface area contributed by atoms with Crippen LogP contribution in [-0.4, -0.2) is 37.2 Å². The fourth-order valence-corrected chi connectivity index (χ4v) is 7.83. The molecule has 0 aromatic rings. The number of hydrogen-bond donors (Lipinski definition) is 0. The van der Waals surface area contributed by atoms with Gasteiger partial charge in [0.15, 0.2) is 6.10 Å². The highest BCUT2D eigenvalue weighted by atomic mass is 16.6. The fourth-order valence-electron chi connectivity index (χ4n) is 7.83. The van der Waals surface area contributed by atoms with Gasteiger partial charge in [0.1, 0.15) is 13.2 Å². The molecule has 6 heteroatoms. The summed E-state index contributed by atoms with van der Waals surface area (Å²) in [5.41, 5.74) is 0. The maximum absolute atomic E-state index is 12.9. The van der Waals surface area contributed by atoms with Gasteiger partial charge in [-0.25, -0.2) is 0 Å². The van der Waals surface area contributed by atoms with Crippen LogP contribution in [0.1, 0.15) is 252 Å². The van der Waals surface area contributed by atoms with Crippen LogP contribution in [0.5, 0.6) is 0 Å². The maximum atomic E-state index is 12.9. The van der Waals surface area contributed by atoms with E-state index in [-0.39, 0.29) is 37.5 Å². The van der Waals surface area contributed by atoms with Crippen molar-refractivity contribution in [2.75, 3.05) is 13.2 Å². The molecule has 0 fully saturated rings.